The fourth-order valence-corrected chi connectivity index (χ4v) is 3.16. The molecule has 1 amide bonds. The van der Waals surface area contributed by atoms with E-state index < -0.39 is 0 Å². The molecule has 1 aromatic carbocycles. The number of hydrogen-bond donors (Lipinski definition) is 0. The van der Waals surface area contributed by atoms with Gasteiger partial charge in [0.05, 0.1) is 33.9 Å². The van der Waals surface area contributed by atoms with E-state index in [1.54, 1.807) is 39.9 Å². The van der Waals surface area contributed by atoms with Crippen LogP contribution in [0.2, 0.25) is 0 Å². The van der Waals surface area contributed by atoms with Gasteiger partial charge >= 0.3 is 0 Å². The molecule has 1 aromatic heterocycles. The van der Waals surface area contributed by atoms with Crippen LogP contribution in [0.5, 0.6) is 17.2 Å². The van der Waals surface area contributed by atoms with Crippen molar-refractivity contribution in [1.82, 2.24) is 14.9 Å². The van der Waals surface area contributed by atoms with Crippen LogP contribution in [0.15, 0.2) is 30.7 Å². The summed E-state index contributed by atoms with van der Waals surface area (Å²) in [6.45, 7) is 2.78. The molecule has 0 atom stereocenters. The molecule has 1 aliphatic rings. The van der Waals surface area contributed by atoms with Crippen LogP contribution in [0.25, 0.3) is 0 Å². The van der Waals surface area contributed by atoms with E-state index in [9.17, 15) is 4.79 Å². The Labute approximate surface area is 158 Å². The zero-order chi connectivity index (χ0) is 19.2. The van der Waals surface area contributed by atoms with Crippen LogP contribution in [0.4, 0.5) is 5.82 Å². The Kier molecular flexibility index (Phi) is 5.95. The van der Waals surface area contributed by atoms with Gasteiger partial charge in [0.25, 0.3) is 0 Å². The third-order valence-electron chi connectivity index (χ3n) is 4.59. The Bertz CT molecular complexity index is 752. The van der Waals surface area contributed by atoms with E-state index in [4.69, 9.17) is 14.2 Å². The number of carbonyl (C=O) groups is 1. The topological polar surface area (TPSA) is 77.0 Å². The summed E-state index contributed by atoms with van der Waals surface area (Å²) in [6, 6.07) is 3.63. The highest BCUT2D eigenvalue weighted by Gasteiger charge is 2.23. The van der Waals surface area contributed by atoms with Gasteiger partial charge in [-0.25, -0.2) is 4.98 Å². The molecule has 8 heteroatoms. The Morgan fingerprint density at radius 1 is 1.00 bits per heavy atom. The van der Waals surface area contributed by atoms with Crippen molar-refractivity contribution in [1.29, 1.82) is 0 Å². The molecule has 27 heavy (non-hydrogen) atoms. The van der Waals surface area contributed by atoms with Crippen molar-refractivity contribution in [2.45, 2.75) is 6.42 Å². The summed E-state index contributed by atoms with van der Waals surface area (Å²) < 4.78 is 16.0. The third-order valence-corrected chi connectivity index (χ3v) is 4.59. The minimum Gasteiger partial charge on any atom is -0.493 e. The molecule has 144 valence electrons. The first-order chi connectivity index (χ1) is 13.2. The predicted molar refractivity (Wildman–Crippen MR) is 101 cm³/mol. The predicted octanol–water partition coefficient (Wildman–Crippen LogP) is 1.39. The summed E-state index contributed by atoms with van der Waals surface area (Å²) >= 11 is 0. The summed E-state index contributed by atoms with van der Waals surface area (Å²) in [7, 11) is 4.69. The second-order valence-corrected chi connectivity index (χ2v) is 6.14. The van der Waals surface area contributed by atoms with E-state index in [0.29, 0.717) is 30.3 Å². The van der Waals surface area contributed by atoms with Crippen LogP contribution in [0, 0.1) is 0 Å². The molecular formula is C19H24N4O4. The van der Waals surface area contributed by atoms with Crippen molar-refractivity contribution in [2.75, 3.05) is 52.4 Å². The van der Waals surface area contributed by atoms with Crippen molar-refractivity contribution < 1.29 is 19.0 Å². The molecule has 2 aromatic rings. The summed E-state index contributed by atoms with van der Waals surface area (Å²) in [5.74, 6) is 2.53. The quantitative estimate of drug-likeness (QED) is 0.758. The van der Waals surface area contributed by atoms with Gasteiger partial charge in [0.1, 0.15) is 5.82 Å². The molecule has 0 spiro atoms. The number of piperazine rings is 1. The van der Waals surface area contributed by atoms with Crippen molar-refractivity contribution in [2.24, 2.45) is 0 Å². The van der Waals surface area contributed by atoms with Gasteiger partial charge in [-0.05, 0) is 17.7 Å². The maximum atomic E-state index is 12.7. The Balaban J connectivity index is 1.64. The fourth-order valence-electron chi connectivity index (χ4n) is 3.16. The van der Waals surface area contributed by atoms with Gasteiger partial charge in [-0.1, -0.05) is 0 Å². The number of methoxy groups -OCH3 is 3. The smallest absolute Gasteiger partial charge is 0.227 e. The maximum absolute atomic E-state index is 12.7. The first-order valence-corrected chi connectivity index (χ1v) is 8.74. The second kappa shape index (κ2) is 8.57. The lowest BCUT2D eigenvalue weighted by Gasteiger charge is -2.35. The summed E-state index contributed by atoms with van der Waals surface area (Å²) in [4.78, 5) is 25.1. The molecular weight excluding hydrogens is 348 g/mol. The number of carbonyl (C=O) groups excluding carboxylic acids is 1. The van der Waals surface area contributed by atoms with E-state index in [1.807, 2.05) is 17.0 Å². The molecule has 0 aliphatic carbocycles. The minimum atomic E-state index is 0.0723. The lowest BCUT2D eigenvalue weighted by Crippen LogP contribution is -2.49. The maximum Gasteiger partial charge on any atom is 0.227 e. The minimum absolute atomic E-state index is 0.0723. The second-order valence-electron chi connectivity index (χ2n) is 6.14. The van der Waals surface area contributed by atoms with Crippen molar-refractivity contribution in [3.8, 4) is 17.2 Å². The van der Waals surface area contributed by atoms with Crippen LogP contribution in [-0.2, 0) is 11.2 Å². The van der Waals surface area contributed by atoms with Crippen LogP contribution >= 0.6 is 0 Å². The fraction of sp³-hybridized carbons (Fsp3) is 0.421. The highest BCUT2D eigenvalue weighted by Crippen LogP contribution is 2.38. The summed E-state index contributed by atoms with van der Waals surface area (Å²) in [5, 5.41) is 0. The molecule has 0 N–H and O–H groups in total. The molecule has 2 heterocycles. The number of amides is 1. The van der Waals surface area contributed by atoms with E-state index in [1.165, 1.54) is 0 Å². The monoisotopic (exact) mass is 372 g/mol. The first kappa shape index (κ1) is 18.8. The Hall–Kier alpha value is -3.03. The number of ether oxygens (including phenoxy) is 3. The van der Waals surface area contributed by atoms with E-state index in [-0.39, 0.29) is 12.3 Å². The number of benzene rings is 1. The SMILES string of the molecule is COc1cc(CC(=O)N2CCN(c3cnccn3)CC2)cc(OC)c1OC. The van der Waals surface area contributed by atoms with Gasteiger partial charge < -0.3 is 24.0 Å². The highest BCUT2D eigenvalue weighted by atomic mass is 16.5. The van der Waals surface area contributed by atoms with Crippen LogP contribution < -0.4 is 19.1 Å². The Morgan fingerprint density at radius 3 is 2.19 bits per heavy atom. The van der Waals surface area contributed by atoms with Gasteiger partial charge in [-0.15, -0.1) is 0 Å². The molecule has 0 bridgehead atoms. The number of aromatic nitrogens is 2. The molecule has 1 aliphatic heterocycles. The van der Waals surface area contributed by atoms with Crippen LogP contribution in [-0.4, -0.2) is 68.3 Å². The van der Waals surface area contributed by atoms with E-state index in [2.05, 4.69) is 14.9 Å². The van der Waals surface area contributed by atoms with Gasteiger partial charge in [-0.3, -0.25) is 9.78 Å². The molecule has 0 saturated carbocycles. The van der Waals surface area contributed by atoms with Gasteiger partial charge in [0.15, 0.2) is 11.5 Å². The molecule has 1 saturated heterocycles. The highest BCUT2D eigenvalue weighted by molar-refractivity contribution is 5.79. The zero-order valence-corrected chi connectivity index (χ0v) is 15.8. The molecule has 0 unspecified atom stereocenters. The van der Waals surface area contributed by atoms with Crippen molar-refractivity contribution in [3.05, 3.63) is 36.3 Å². The lowest BCUT2D eigenvalue weighted by molar-refractivity contribution is -0.130. The van der Waals surface area contributed by atoms with Crippen LogP contribution in [0.3, 0.4) is 0 Å². The van der Waals surface area contributed by atoms with E-state index >= 15 is 0 Å². The third kappa shape index (κ3) is 4.21. The largest absolute Gasteiger partial charge is 0.493 e. The Morgan fingerprint density at radius 2 is 1.67 bits per heavy atom. The van der Waals surface area contributed by atoms with Gasteiger partial charge in [0, 0.05) is 38.6 Å². The summed E-state index contributed by atoms with van der Waals surface area (Å²) in [5.41, 5.74) is 0.825. The first-order valence-electron chi connectivity index (χ1n) is 8.74. The molecule has 0 radical (unpaired) electrons. The average Bonchev–Trinajstić information content (AvgIpc) is 2.73. The molecule has 1 fully saturated rings. The average molecular weight is 372 g/mol. The summed E-state index contributed by atoms with van der Waals surface area (Å²) in [6.07, 6.45) is 5.35. The van der Waals surface area contributed by atoms with Crippen LogP contribution in [0.1, 0.15) is 5.56 Å². The van der Waals surface area contributed by atoms with Gasteiger partial charge in [0.2, 0.25) is 11.7 Å². The number of rotatable bonds is 6. The lowest BCUT2D eigenvalue weighted by atomic mass is 10.1. The van der Waals surface area contributed by atoms with E-state index in [0.717, 1.165) is 24.5 Å². The number of hydrogen-bond acceptors (Lipinski definition) is 7. The molecule has 3 rings (SSSR count). The zero-order valence-electron chi connectivity index (χ0n) is 15.8. The van der Waals surface area contributed by atoms with Crippen molar-refractivity contribution in [3.63, 3.8) is 0 Å². The normalized spacial score (nSPS) is 14.0. The standard InChI is InChI=1S/C19H24N4O4/c1-25-15-10-14(11-16(26-2)19(15)27-3)12-18(24)23-8-6-22(7-9-23)17-13-20-4-5-21-17/h4-5,10-11,13H,6-9,12H2,1-3H3. The van der Waals surface area contributed by atoms with Crippen molar-refractivity contribution >= 4 is 11.7 Å². The number of nitrogens with zero attached hydrogens (tertiary/aromatic N) is 4. The number of anilines is 1. The van der Waals surface area contributed by atoms with Gasteiger partial charge in [-0.2, -0.15) is 0 Å². The molecule has 8 nitrogen and oxygen atoms in total.